The zero-order valence-corrected chi connectivity index (χ0v) is 12.0. The predicted octanol–water partition coefficient (Wildman–Crippen LogP) is 2.04. The monoisotopic (exact) mass is 260 g/mol. The Balaban J connectivity index is 1.87. The van der Waals surface area contributed by atoms with Crippen LogP contribution in [0.2, 0.25) is 0 Å². The second-order valence-corrected chi connectivity index (χ2v) is 5.66. The molecule has 1 fully saturated rings. The summed E-state index contributed by atoms with van der Waals surface area (Å²) in [5, 5.41) is 0. The third-order valence-electron chi connectivity index (χ3n) is 4.08. The Morgan fingerprint density at radius 3 is 2.84 bits per heavy atom. The topological polar surface area (TPSA) is 46.3 Å². The van der Waals surface area contributed by atoms with Crippen molar-refractivity contribution in [3.63, 3.8) is 0 Å². The molecule has 1 amide bonds. The first-order valence-corrected chi connectivity index (χ1v) is 7.14. The second-order valence-electron chi connectivity index (χ2n) is 5.66. The van der Waals surface area contributed by atoms with Crippen LogP contribution in [0, 0.1) is 19.8 Å². The van der Waals surface area contributed by atoms with Crippen LogP contribution in [-0.4, -0.2) is 30.4 Å². The summed E-state index contributed by atoms with van der Waals surface area (Å²) < 4.78 is 0. The van der Waals surface area contributed by atoms with Crippen LogP contribution in [0.4, 0.5) is 0 Å². The molecular weight excluding hydrogens is 236 g/mol. The van der Waals surface area contributed by atoms with Crippen LogP contribution in [0.5, 0.6) is 0 Å². The van der Waals surface area contributed by atoms with Gasteiger partial charge in [-0.2, -0.15) is 0 Å². The predicted molar refractivity (Wildman–Crippen MR) is 78.0 cm³/mol. The molecule has 1 saturated heterocycles. The Morgan fingerprint density at radius 1 is 1.42 bits per heavy atom. The third kappa shape index (κ3) is 3.57. The van der Waals surface area contributed by atoms with Crippen LogP contribution in [0.25, 0.3) is 0 Å². The first-order valence-electron chi connectivity index (χ1n) is 7.14. The molecule has 0 bridgehead atoms. The van der Waals surface area contributed by atoms with Crippen molar-refractivity contribution in [3.05, 3.63) is 34.9 Å². The standard InChI is InChI=1S/C16H24N2O/c1-12-3-4-15(13(2)9-12)5-6-16(19)18-8-7-14(10-17)11-18/h3-4,9,14H,5-8,10-11,17H2,1-2H3. The Hall–Kier alpha value is -1.35. The molecular formula is C16H24N2O. The van der Waals surface area contributed by atoms with Crippen LogP contribution >= 0.6 is 0 Å². The smallest absolute Gasteiger partial charge is 0.222 e. The molecule has 1 atom stereocenters. The van der Waals surface area contributed by atoms with E-state index in [1.165, 1.54) is 16.7 Å². The quantitative estimate of drug-likeness (QED) is 0.900. The van der Waals surface area contributed by atoms with Gasteiger partial charge in [0, 0.05) is 19.5 Å². The summed E-state index contributed by atoms with van der Waals surface area (Å²) in [6.07, 6.45) is 2.52. The maximum absolute atomic E-state index is 12.1. The zero-order chi connectivity index (χ0) is 13.8. The molecule has 2 N–H and O–H groups in total. The fourth-order valence-electron chi connectivity index (χ4n) is 2.78. The molecule has 19 heavy (non-hydrogen) atoms. The fourth-order valence-corrected chi connectivity index (χ4v) is 2.78. The van der Waals surface area contributed by atoms with Crippen LogP contribution in [-0.2, 0) is 11.2 Å². The first-order chi connectivity index (χ1) is 9.10. The molecule has 0 radical (unpaired) electrons. The van der Waals surface area contributed by atoms with E-state index < -0.39 is 0 Å². The Morgan fingerprint density at radius 2 is 2.21 bits per heavy atom. The highest BCUT2D eigenvalue weighted by Crippen LogP contribution is 2.18. The molecule has 1 aromatic rings. The Labute approximate surface area is 115 Å². The summed E-state index contributed by atoms with van der Waals surface area (Å²) >= 11 is 0. The summed E-state index contributed by atoms with van der Waals surface area (Å²) in [7, 11) is 0. The summed E-state index contributed by atoms with van der Waals surface area (Å²) in [5.74, 6) is 0.779. The summed E-state index contributed by atoms with van der Waals surface area (Å²) in [5.41, 5.74) is 9.50. The number of nitrogens with zero attached hydrogens (tertiary/aromatic N) is 1. The van der Waals surface area contributed by atoms with Crippen LogP contribution in [0.15, 0.2) is 18.2 Å². The second kappa shape index (κ2) is 6.20. The minimum atomic E-state index is 0.274. The average Bonchev–Trinajstić information content (AvgIpc) is 2.86. The Bertz CT molecular complexity index is 456. The lowest BCUT2D eigenvalue weighted by Crippen LogP contribution is -2.30. The number of nitrogens with two attached hydrogens (primary N) is 1. The van der Waals surface area contributed by atoms with Gasteiger partial charge in [-0.1, -0.05) is 23.8 Å². The van der Waals surface area contributed by atoms with Gasteiger partial charge in [0.05, 0.1) is 0 Å². The lowest BCUT2D eigenvalue weighted by molar-refractivity contribution is -0.130. The average molecular weight is 260 g/mol. The summed E-state index contributed by atoms with van der Waals surface area (Å²) in [4.78, 5) is 14.1. The van der Waals surface area contributed by atoms with Gasteiger partial charge in [-0.3, -0.25) is 4.79 Å². The third-order valence-corrected chi connectivity index (χ3v) is 4.08. The highest BCUT2D eigenvalue weighted by atomic mass is 16.2. The lowest BCUT2D eigenvalue weighted by atomic mass is 10.0. The van der Waals surface area contributed by atoms with Crippen LogP contribution in [0.3, 0.4) is 0 Å². The number of hydrogen-bond acceptors (Lipinski definition) is 2. The van der Waals surface area contributed by atoms with E-state index in [1.54, 1.807) is 0 Å². The van der Waals surface area contributed by atoms with Crippen molar-refractivity contribution in [1.29, 1.82) is 0 Å². The van der Waals surface area contributed by atoms with E-state index in [4.69, 9.17) is 5.73 Å². The molecule has 1 aromatic carbocycles. The normalized spacial score (nSPS) is 18.9. The van der Waals surface area contributed by atoms with Gasteiger partial charge in [-0.05, 0) is 50.3 Å². The number of carbonyl (C=O) groups excluding carboxylic acids is 1. The highest BCUT2D eigenvalue weighted by Gasteiger charge is 2.24. The van der Waals surface area contributed by atoms with E-state index in [2.05, 4.69) is 32.0 Å². The molecule has 0 saturated carbocycles. The minimum absolute atomic E-state index is 0.274. The van der Waals surface area contributed by atoms with E-state index in [0.29, 0.717) is 18.9 Å². The SMILES string of the molecule is Cc1ccc(CCC(=O)N2CCC(CN)C2)c(C)c1. The molecule has 0 spiro atoms. The maximum atomic E-state index is 12.1. The molecule has 2 rings (SSSR count). The van der Waals surface area contributed by atoms with Crippen molar-refractivity contribution in [2.75, 3.05) is 19.6 Å². The zero-order valence-electron chi connectivity index (χ0n) is 12.0. The van der Waals surface area contributed by atoms with E-state index in [-0.39, 0.29) is 5.91 Å². The number of hydrogen-bond donors (Lipinski definition) is 1. The van der Waals surface area contributed by atoms with Gasteiger partial charge in [-0.15, -0.1) is 0 Å². The number of amides is 1. The molecule has 1 heterocycles. The van der Waals surface area contributed by atoms with Crippen molar-refractivity contribution in [1.82, 2.24) is 4.90 Å². The van der Waals surface area contributed by atoms with Gasteiger partial charge in [-0.25, -0.2) is 0 Å². The van der Waals surface area contributed by atoms with Crippen molar-refractivity contribution in [2.24, 2.45) is 11.7 Å². The minimum Gasteiger partial charge on any atom is -0.342 e. The first kappa shape index (κ1) is 14.1. The molecule has 1 unspecified atom stereocenters. The van der Waals surface area contributed by atoms with E-state index in [0.717, 1.165) is 25.9 Å². The number of rotatable bonds is 4. The van der Waals surface area contributed by atoms with Gasteiger partial charge in [0.1, 0.15) is 0 Å². The van der Waals surface area contributed by atoms with Gasteiger partial charge in [0.2, 0.25) is 5.91 Å². The molecule has 1 aliphatic heterocycles. The molecule has 3 nitrogen and oxygen atoms in total. The molecule has 0 aromatic heterocycles. The van der Waals surface area contributed by atoms with Crippen LogP contribution in [0.1, 0.15) is 29.5 Å². The molecule has 0 aliphatic carbocycles. The number of aryl methyl sites for hydroxylation is 3. The number of likely N-dealkylation sites (tertiary alicyclic amines) is 1. The summed E-state index contributed by atoms with van der Waals surface area (Å²) in [6, 6.07) is 6.44. The largest absolute Gasteiger partial charge is 0.342 e. The van der Waals surface area contributed by atoms with E-state index in [1.807, 2.05) is 4.90 Å². The van der Waals surface area contributed by atoms with Gasteiger partial charge >= 0.3 is 0 Å². The number of benzene rings is 1. The van der Waals surface area contributed by atoms with E-state index in [9.17, 15) is 4.79 Å². The van der Waals surface area contributed by atoms with Gasteiger partial charge in [0.15, 0.2) is 0 Å². The molecule has 104 valence electrons. The lowest BCUT2D eigenvalue weighted by Gasteiger charge is -2.16. The van der Waals surface area contributed by atoms with Crippen molar-refractivity contribution in [2.45, 2.75) is 33.1 Å². The summed E-state index contributed by atoms with van der Waals surface area (Å²) in [6.45, 7) is 6.64. The molecule has 3 heteroatoms. The fraction of sp³-hybridized carbons (Fsp3) is 0.562. The highest BCUT2D eigenvalue weighted by molar-refractivity contribution is 5.76. The van der Waals surface area contributed by atoms with Crippen molar-refractivity contribution in [3.8, 4) is 0 Å². The van der Waals surface area contributed by atoms with Gasteiger partial charge < -0.3 is 10.6 Å². The van der Waals surface area contributed by atoms with Crippen molar-refractivity contribution >= 4 is 5.91 Å². The molecule has 1 aliphatic rings. The number of carbonyl (C=O) groups is 1. The van der Waals surface area contributed by atoms with Crippen molar-refractivity contribution < 1.29 is 4.79 Å². The Kier molecular flexibility index (Phi) is 4.59. The van der Waals surface area contributed by atoms with E-state index >= 15 is 0 Å². The van der Waals surface area contributed by atoms with Gasteiger partial charge in [0.25, 0.3) is 0 Å². The maximum Gasteiger partial charge on any atom is 0.222 e. The van der Waals surface area contributed by atoms with Crippen LogP contribution < -0.4 is 5.73 Å².